The minimum absolute atomic E-state index is 0.148. The smallest absolute Gasteiger partial charge is 0.326 e. The van der Waals surface area contributed by atoms with E-state index >= 15 is 0 Å². The van der Waals surface area contributed by atoms with Crippen molar-refractivity contribution in [3.63, 3.8) is 0 Å². The Morgan fingerprint density at radius 1 is 1.48 bits per heavy atom. The van der Waals surface area contributed by atoms with E-state index in [0.29, 0.717) is 6.42 Å². The Morgan fingerprint density at radius 2 is 2.10 bits per heavy atom. The summed E-state index contributed by atoms with van der Waals surface area (Å²) in [6, 6.07) is 2.67. The van der Waals surface area contributed by atoms with Gasteiger partial charge in [0.05, 0.1) is 10.5 Å². The van der Waals surface area contributed by atoms with Crippen molar-refractivity contribution in [1.29, 1.82) is 0 Å². The molecule has 114 valence electrons. The molecule has 0 aliphatic heterocycles. The number of carbonyl (C=O) groups excluding carboxylic acids is 1. The largest absolute Gasteiger partial charge is 0.480 e. The molecule has 0 saturated heterocycles. The number of carboxylic acid groups (broad SMARTS) is 1. The van der Waals surface area contributed by atoms with E-state index < -0.39 is 22.8 Å². The van der Waals surface area contributed by atoms with Gasteiger partial charge in [-0.05, 0) is 27.9 Å². The predicted octanol–water partition coefficient (Wildman–Crippen LogP) is 2.59. The molecule has 0 saturated carbocycles. The second-order valence-electron chi connectivity index (χ2n) is 4.60. The molecule has 0 heterocycles. The molecule has 0 aliphatic carbocycles. The number of hydrogen-bond donors (Lipinski definition) is 2. The van der Waals surface area contributed by atoms with E-state index in [9.17, 15) is 19.7 Å². The fourth-order valence-corrected chi connectivity index (χ4v) is 2.25. The van der Waals surface area contributed by atoms with Gasteiger partial charge in [-0.1, -0.05) is 20.3 Å². The summed E-state index contributed by atoms with van der Waals surface area (Å²) in [5.74, 6) is -1.94. The molecule has 2 atom stereocenters. The second kappa shape index (κ2) is 7.16. The Bertz CT molecular complexity index is 576. The first kappa shape index (κ1) is 17.1. The highest BCUT2D eigenvalue weighted by molar-refractivity contribution is 9.10. The van der Waals surface area contributed by atoms with Crippen LogP contribution < -0.4 is 5.32 Å². The summed E-state index contributed by atoms with van der Waals surface area (Å²) >= 11 is 3.08. The van der Waals surface area contributed by atoms with E-state index in [1.54, 1.807) is 6.92 Å². The summed E-state index contributed by atoms with van der Waals surface area (Å²) in [4.78, 5) is 33.3. The molecule has 0 bridgehead atoms. The number of non-ortho nitro benzene ring substituents is 1. The van der Waals surface area contributed by atoms with Crippen LogP contribution in [0, 0.1) is 16.0 Å². The SMILES string of the molecule is CC[C@H](C)[C@H](NC(=O)c1ccc([N+](=O)[O-])cc1Br)C(=O)O. The average molecular weight is 359 g/mol. The summed E-state index contributed by atoms with van der Waals surface area (Å²) in [5.41, 5.74) is -0.00899. The maximum Gasteiger partial charge on any atom is 0.326 e. The Kier molecular flexibility index (Phi) is 5.83. The van der Waals surface area contributed by atoms with E-state index in [4.69, 9.17) is 5.11 Å². The highest BCUT2D eigenvalue weighted by Crippen LogP contribution is 2.23. The number of aliphatic carboxylic acids is 1. The molecule has 0 spiro atoms. The van der Waals surface area contributed by atoms with Gasteiger partial charge in [0.25, 0.3) is 11.6 Å². The second-order valence-corrected chi connectivity index (χ2v) is 5.45. The number of carbonyl (C=O) groups is 2. The van der Waals surface area contributed by atoms with Crippen molar-refractivity contribution in [1.82, 2.24) is 5.32 Å². The summed E-state index contributed by atoms with van der Waals surface area (Å²) in [7, 11) is 0. The summed E-state index contributed by atoms with van der Waals surface area (Å²) in [6.45, 7) is 3.55. The minimum Gasteiger partial charge on any atom is -0.480 e. The minimum atomic E-state index is -1.12. The van der Waals surface area contributed by atoms with Crippen LogP contribution in [0.5, 0.6) is 0 Å². The fraction of sp³-hybridized carbons (Fsp3) is 0.385. The number of amides is 1. The van der Waals surface area contributed by atoms with Crippen LogP contribution in [0.2, 0.25) is 0 Å². The molecule has 0 radical (unpaired) electrons. The van der Waals surface area contributed by atoms with Crippen LogP contribution >= 0.6 is 15.9 Å². The highest BCUT2D eigenvalue weighted by atomic mass is 79.9. The van der Waals surface area contributed by atoms with Gasteiger partial charge in [0.15, 0.2) is 0 Å². The number of carboxylic acids is 1. The monoisotopic (exact) mass is 358 g/mol. The lowest BCUT2D eigenvalue weighted by Crippen LogP contribution is -2.45. The van der Waals surface area contributed by atoms with E-state index in [1.807, 2.05) is 6.92 Å². The zero-order valence-corrected chi connectivity index (χ0v) is 13.1. The molecule has 2 N–H and O–H groups in total. The van der Waals surface area contributed by atoms with Crippen LogP contribution in [-0.2, 0) is 4.79 Å². The van der Waals surface area contributed by atoms with Crippen molar-refractivity contribution in [3.05, 3.63) is 38.3 Å². The normalized spacial score (nSPS) is 13.3. The number of nitro benzene ring substituents is 1. The molecular weight excluding hydrogens is 344 g/mol. The number of nitrogens with zero attached hydrogens (tertiary/aromatic N) is 1. The number of halogens is 1. The standard InChI is InChI=1S/C13H15BrN2O5/c1-3-7(2)11(13(18)19)15-12(17)9-5-4-8(16(20)21)6-10(9)14/h4-7,11H,3H2,1-2H3,(H,15,17)(H,18,19)/t7-,11-/m0/s1. The maximum atomic E-state index is 12.1. The first-order valence-electron chi connectivity index (χ1n) is 6.25. The van der Waals surface area contributed by atoms with Gasteiger partial charge in [0.2, 0.25) is 0 Å². The topological polar surface area (TPSA) is 110 Å². The lowest BCUT2D eigenvalue weighted by atomic mass is 9.99. The van der Waals surface area contributed by atoms with Crippen molar-refractivity contribution >= 4 is 33.5 Å². The zero-order chi connectivity index (χ0) is 16.2. The molecule has 1 rings (SSSR count). The van der Waals surface area contributed by atoms with Crippen molar-refractivity contribution in [2.75, 3.05) is 0 Å². The van der Waals surface area contributed by atoms with Gasteiger partial charge in [-0.3, -0.25) is 14.9 Å². The third kappa shape index (κ3) is 4.25. The molecule has 0 aliphatic rings. The van der Waals surface area contributed by atoms with E-state index in [1.165, 1.54) is 18.2 Å². The predicted molar refractivity (Wildman–Crippen MR) is 79.1 cm³/mol. The van der Waals surface area contributed by atoms with Gasteiger partial charge < -0.3 is 10.4 Å². The lowest BCUT2D eigenvalue weighted by molar-refractivity contribution is -0.384. The number of rotatable bonds is 6. The van der Waals surface area contributed by atoms with Crippen LogP contribution in [0.25, 0.3) is 0 Å². The van der Waals surface area contributed by atoms with Crippen molar-refractivity contribution < 1.29 is 19.6 Å². The van der Waals surface area contributed by atoms with Gasteiger partial charge in [0.1, 0.15) is 6.04 Å². The van der Waals surface area contributed by atoms with Gasteiger partial charge >= 0.3 is 5.97 Å². The number of nitro groups is 1. The van der Waals surface area contributed by atoms with E-state index in [-0.39, 0.29) is 21.6 Å². The van der Waals surface area contributed by atoms with Crippen LogP contribution in [-0.4, -0.2) is 27.9 Å². The molecule has 1 aromatic rings. The van der Waals surface area contributed by atoms with Gasteiger partial charge in [-0.15, -0.1) is 0 Å². The highest BCUT2D eigenvalue weighted by Gasteiger charge is 2.26. The van der Waals surface area contributed by atoms with Gasteiger partial charge in [-0.25, -0.2) is 4.79 Å². The van der Waals surface area contributed by atoms with Crippen LogP contribution in [0.1, 0.15) is 30.6 Å². The first-order valence-corrected chi connectivity index (χ1v) is 7.04. The molecule has 21 heavy (non-hydrogen) atoms. The third-order valence-electron chi connectivity index (χ3n) is 3.17. The Morgan fingerprint density at radius 3 is 2.52 bits per heavy atom. The summed E-state index contributed by atoms with van der Waals surface area (Å²) in [5, 5.41) is 22.2. The number of hydrogen-bond acceptors (Lipinski definition) is 4. The van der Waals surface area contributed by atoms with Crippen molar-refractivity contribution in [2.24, 2.45) is 5.92 Å². The molecule has 7 nitrogen and oxygen atoms in total. The molecule has 0 aromatic heterocycles. The molecule has 1 aromatic carbocycles. The van der Waals surface area contributed by atoms with Crippen molar-refractivity contribution in [3.8, 4) is 0 Å². The number of nitrogens with one attached hydrogen (secondary N) is 1. The lowest BCUT2D eigenvalue weighted by Gasteiger charge is -2.20. The first-order chi connectivity index (χ1) is 9.77. The van der Waals surface area contributed by atoms with E-state index in [2.05, 4.69) is 21.2 Å². The maximum absolute atomic E-state index is 12.1. The Balaban J connectivity index is 2.98. The van der Waals surface area contributed by atoms with Crippen LogP contribution in [0.3, 0.4) is 0 Å². The average Bonchev–Trinajstić information content (AvgIpc) is 2.42. The van der Waals surface area contributed by atoms with Crippen molar-refractivity contribution in [2.45, 2.75) is 26.3 Å². The summed E-state index contributed by atoms with van der Waals surface area (Å²) in [6.07, 6.45) is 0.596. The quantitative estimate of drug-likeness (QED) is 0.599. The van der Waals surface area contributed by atoms with Crippen LogP contribution in [0.15, 0.2) is 22.7 Å². The Hall–Kier alpha value is -1.96. The fourth-order valence-electron chi connectivity index (χ4n) is 1.70. The summed E-state index contributed by atoms with van der Waals surface area (Å²) < 4.78 is 0.238. The van der Waals surface area contributed by atoms with Crippen LogP contribution in [0.4, 0.5) is 5.69 Å². The molecule has 0 unspecified atom stereocenters. The molecule has 0 fully saturated rings. The molecule has 8 heteroatoms. The Labute approximate surface area is 129 Å². The van der Waals surface area contributed by atoms with Gasteiger partial charge in [-0.2, -0.15) is 0 Å². The molecule has 1 amide bonds. The van der Waals surface area contributed by atoms with Gasteiger partial charge in [0, 0.05) is 16.6 Å². The molecular formula is C13H15BrN2O5. The third-order valence-corrected chi connectivity index (χ3v) is 3.83. The number of benzene rings is 1. The zero-order valence-electron chi connectivity index (χ0n) is 11.5. The van der Waals surface area contributed by atoms with E-state index in [0.717, 1.165) is 0 Å².